The molecule has 0 spiro atoms. The molecule has 0 heterocycles. The highest BCUT2D eigenvalue weighted by atomic mass is 35.5. The Hall–Kier alpha value is -1.22. The van der Waals surface area contributed by atoms with Crippen LogP contribution in [0.2, 0.25) is 5.02 Å². The molecule has 13 heavy (non-hydrogen) atoms. The Bertz CT molecular complexity index is 325. The lowest BCUT2D eigenvalue weighted by molar-refractivity contribution is -0.119. The number of aromatic hydroxyl groups is 1. The molecule has 0 radical (unpaired) electrons. The third kappa shape index (κ3) is 2.63. The van der Waals surface area contributed by atoms with Gasteiger partial charge in [0.25, 0.3) is 0 Å². The lowest BCUT2D eigenvalue weighted by Crippen LogP contribution is -2.19. The first-order valence-corrected chi connectivity index (χ1v) is 4.19. The van der Waals surface area contributed by atoms with Gasteiger partial charge in [0.1, 0.15) is 5.75 Å². The van der Waals surface area contributed by atoms with Crippen LogP contribution in [0.15, 0.2) is 18.2 Å². The molecule has 0 aromatic heterocycles. The van der Waals surface area contributed by atoms with Crippen molar-refractivity contribution < 1.29 is 9.90 Å². The Morgan fingerprint density at radius 2 is 2.31 bits per heavy atom. The molecule has 4 heteroatoms. The number of nitrogens with one attached hydrogen (secondary N) is 1. The summed E-state index contributed by atoms with van der Waals surface area (Å²) >= 11 is 5.66. The van der Waals surface area contributed by atoms with Crippen molar-refractivity contribution in [1.82, 2.24) is 5.32 Å². The van der Waals surface area contributed by atoms with Crippen LogP contribution in [0.3, 0.4) is 0 Å². The Morgan fingerprint density at radius 1 is 1.62 bits per heavy atom. The van der Waals surface area contributed by atoms with Gasteiger partial charge in [0, 0.05) is 7.05 Å². The Balaban J connectivity index is 2.79. The molecule has 3 nitrogen and oxygen atoms in total. The number of phenols is 1. The third-order valence-corrected chi connectivity index (χ3v) is 1.96. The van der Waals surface area contributed by atoms with Crippen molar-refractivity contribution in [3.8, 4) is 5.75 Å². The summed E-state index contributed by atoms with van der Waals surface area (Å²) in [5.74, 6) is -0.0518. The minimum atomic E-state index is -0.0817. The minimum absolute atomic E-state index is 0.0299. The molecule has 0 unspecified atom stereocenters. The quantitative estimate of drug-likeness (QED) is 0.755. The van der Waals surface area contributed by atoms with E-state index in [1.807, 2.05) is 0 Å². The highest BCUT2D eigenvalue weighted by Crippen LogP contribution is 2.23. The molecule has 1 aromatic carbocycles. The number of phenolic OH excluding ortho intramolecular Hbond substituents is 1. The van der Waals surface area contributed by atoms with Crippen molar-refractivity contribution in [1.29, 1.82) is 0 Å². The van der Waals surface area contributed by atoms with Crippen LogP contribution in [0, 0.1) is 0 Å². The van der Waals surface area contributed by atoms with Crippen LogP contribution >= 0.6 is 11.6 Å². The maximum atomic E-state index is 11.0. The van der Waals surface area contributed by atoms with Crippen LogP contribution in [-0.4, -0.2) is 18.1 Å². The van der Waals surface area contributed by atoms with Crippen LogP contribution in [0.4, 0.5) is 0 Å². The molecular formula is C9H10ClNO2. The van der Waals surface area contributed by atoms with E-state index in [-0.39, 0.29) is 23.1 Å². The van der Waals surface area contributed by atoms with Crippen molar-refractivity contribution in [3.63, 3.8) is 0 Å². The first-order chi connectivity index (χ1) is 6.13. The van der Waals surface area contributed by atoms with Gasteiger partial charge in [0.2, 0.25) is 5.91 Å². The molecule has 70 valence electrons. The summed E-state index contributed by atoms with van der Waals surface area (Å²) < 4.78 is 0. The number of amides is 1. The number of carbonyl (C=O) groups excluding carboxylic acids is 1. The fourth-order valence-corrected chi connectivity index (χ4v) is 1.14. The number of hydrogen-bond acceptors (Lipinski definition) is 2. The SMILES string of the molecule is CNC(=O)Cc1ccc(O)c(Cl)c1. The second-order valence-corrected chi connectivity index (χ2v) is 3.04. The van der Waals surface area contributed by atoms with Gasteiger partial charge < -0.3 is 10.4 Å². The maximum Gasteiger partial charge on any atom is 0.224 e. The Morgan fingerprint density at radius 3 is 2.85 bits per heavy atom. The van der Waals surface area contributed by atoms with E-state index >= 15 is 0 Å². The molecule has 0 fully saturated rings. The summed E-state index contributed by atoms with van der Waals surface area (Å²) in [6.07, 6.45) is 0.274. The highest BCUT2D eigenvalue weighted by Gasteiger charge is 2.03. The molecule has 1 rings (SSSR count). The van der Waals surface area contributed by atoms with Crippen LogP contribution in [0.1, 0.15) is 5.56 Å². The number of hydrogen-bond donors (Lipinski definition) is 2. The molecule has 1 amide bonds. The van der Waals surface area contributed by atoms with Gasteiger partial charge in [-0.1, -0.05) is 17.7 Å². The van der Waals surface area contributed by atoms with E-state index in [2.05, 4.69) is 5.32 Å². The Kier molecular flexibility index (Phi) is 3.14. The largest absolute Gasteiger partial charge is 0.506 e. The van der Waals surface area contributed by atoms with E-state index < -0.39 is 0 Å². The first-order valence-electron chi connectivity index (χ1n) is 3.81. The number of halogens is 1. The number of carbonyl (C=O) groups is 1. The lowest BCUT2D eigenvalue weighted by Gasteiger charge is -2.01. The average molecular weight is 200 g/mol. The average Bonchev–Trinajstić information content (AvgIpc) is 2.11. The monoisotopic (exact) mass is 199 g/mol. The smallest absolute Gasteiger partial charge is 0.224 e. The van der Waals surface area contributed by atoms with Crippen LogP contribution in [-0.2, 0) is 11.2 Å². The summed E-state index contributed by atoms with van der Waals surface area (Å²) in [7, 11) is 1.57. The summed E-state index contributed by atoms with van der Waals surface area (Å²) in [4.78, 5) is 11.0. The molecule has 0 aliphatic rings. The number of likely N-dealkylation sites (N-methyl/N-ethyl adjacent to an activating group) is 1. The zero-order chi connectivity index (χ0) is 9.84. The van der Waals surface area contributed by atoms with Gasteiger partial charge in [-0.3, -0.25) is 4.79 Å². The molecular weight excluding hydrogens is 190 g/mol. The van der Waals surface area contributed by atoms with Gasteiger partial charge in [-0.05, 0) is 17.7 Å². The van der Waals surface area contributed by atoms with Crippen molar-refractivity contribution in [2.45, 2.75) is 6.42 Å². The normalized spacial score (nSPS) is 9.69. The molecule has 0 saturated heterocycles. The maximum absolute atomic E-state index is 11.0. The zero-order valence-corrected chi connectivity index (χ0v) is 7.93. The molecule has 0 atom stereocenters. The van der Waals surface area contributed by atoms with Gasteiger partial charge in [-0.15, -0.1) is 0 Å². The Labute approximate surface area is 81.3 Å². The van der Waals surface area contributed by atoms with Crippen molar-refractivity contribution in [2.75, 3.05) is 7.05 Å². The van der Waals surface area contributed by atoms with Gasteiger partial charge in [0.15, 0.2) is 0 Å². The summed E-state index contributed by atoms with van der Waals surface area (Å²) in [5.41, 5.74) is 0.780. The molecule has 1 aromatic rings. The van der Waals surface area contributed by atoms with Gasteiger partial charge in [-0.25, -0.2) is 0 Å². The molecule has 2 N–H and O–H groups in total. The molecule has 0 bridgehead atoms. The standard InChI is InChI=1S/C9H10ClNO2/c1-11-9(13)5-6-2-3-8(12)7(10)4-6/h2-4,12H,5H2,1H3,(H,11,13). The summed E-state index contributed by atoms with van der Waals surface area (Å²) in [5, 5.41) is 11.9. The minimum Gasteiger partial charge on any atom is -0.506 e. The van der Waals surface area contributed by atoms with E-state index in [1.54, 1.807) is 19.2 Å². The van der Waals surface area contributed by atoms with Gasteiger partial charge >= 0.3 is 0 Å². The molecule has 0 aliphatic carbocycles. The van der Waals surface area contributed by atoms with Gasteiger partial charge in [-0.2, -0.15) is 0 Å². The predicted octanol–water partition coefficient (Wildman–Crippen LogP) is 1.33. The highest BCUT2D eigenvalue weighted by molar-refractivity contribution is 6.32. The topological polar surface area (TPSA) is 49.3 Å². The molecule has 0 aliphatic heterocycles. The second kappa shape index (κ2) is 4.14. The van der Waals surface area contributed by atoms with Crippen molar-refractivity contribution >= 4 is 17.5 Å². The van der Waals surface area contributed by atoms with Crippen LogP contribution in [0.5, 0.6) is 5.75 Å². The second-order valence-electron chi connectivity index (χ2n) is 2.64. The summed E-state index contributed by atoms with van der Waals surface area (Å²) in [6.45, 7) is 0. The van der Waals surface area contributed by atoms with E-state index in [4.69, 9.17) is 16.7 Å². The van der Waals surface area contributed by atoms with Gasteiger partial charge in [0.05, 0.1) is 11.4 Å². The van der Waals surface area contributed by atoms with E-state index in [0.717, 1.165) is 5.56 Å². The first kappa shape index (κ1) is 9.86. The van der Waals surface area contributed by atoms with Crippen LogP contribution < -0.4 is 5.32 Å². The van der Waals surface area contributed by atoms with Crippen LogP contribution in [0.25, 0.3) is 0 Å². The predicted molar refractivity (Wildman–Crippen MR) is 50.9 cm³/mol. The lowest BCUT2D eigenvalue weighted by atomic mass is 10.1. The molecule has 0 saturated carbocycles. The number of rotatable bonds is 2. The van der Waals surface area contributed by atoms with Crippen molar-refractivity contribution in [2.24, 2.45) is 0 Å². The third-order valence-electron chi connectivity index (χ3n) is 1.66. The number of benzene rings is 1. The fraction of sp³-hybridized carbons (Fsp3) is 0.222. The van der Waals surface area contributed by atoms with E-state index in [1.165, 1.54) is 6.07 Å². The zero-order valence-electron chi connectivity index (χ0n) is 7.17. The summed E-state index contributed by atoms with van der Waals surface area (Å²) in [6, 6.07) is 4.71. The van der Waals surface area contributed by atoms with E-state index in [0.29, 0.717) is 0 Å². The van der Waals surface area contributed by atoms with Crippen molar-refractivity contribution in [3.05, 3.63) is 28.8 Å². The van der Waals surface area contributed by atoms with E-state index in [9.17, 15) is 4.79 Å². The fourth-order valence-electron chi connectivity index (χ4n) is 0.934.